The molecule has 1 fully saturated rings. The predicted octanol–water partition coefficient (Wildman–Crippen LogP) is 3.06. The molecule has 0 radical (unpaired) electrons. The first-order chi connectivity index (χ1) is 14.4. The third-order valence-electron chi connectivity index (χ3n) is 7.39. The Balaban J connectivity index is 2.24. The molecule has 0 spiro atoms. The van der Waals surface area contributed by atoms with E-state index in [0.29, 0.717) is 6.42 Å². The average molecular weight is 435 g/mol. The maximum absolute atomic E-state index is 13.5. The molecule has 0 bridgehead atoms. The molecule has 0 aliphatic heterocycles. The second-order valence-corrected chi connectivity index (χ2v) is 10.0. The van der Waals surface area contributed by atoms with E-state index in [4.69, 9.17) is 9.47 Å². The quantitative estimate of drug-likeness (QED) is 0.389. The van der Waals surface area contributed by atoms with Gasteiger partial charge >= 0.3 is 5.97 Å². The third-order valence-corrected chi connectivity index (χ3v) is 7.39. The minimum Gasteiger partial charge on any atom is -0.507 e. The molecule has 0 aromatic carbocycles. The largest absolute Gasteiger partial charge is 0.507 e. The van der Waals surface area contributed by atoms with Crippen molar-refractivity contribution in [1.82, 2.24) is 0 Å². The van der Waals surface area contributed by atoms with E-state index < -0.39 is 41.1 Å². The van der Waals surface area contributed by atoms with Crippen molar-refractivity contribution in [1.29, 1.82) is 0 Å². The van der Waals surface area contributed by atoms with E-state index in [1.165, 1.54) is 6.92 Å². The third kappa shape index (κ3) is 3.65. The minimum atomic E-state index is -0.938. The number of Topliss-reactive ketones (excluding diaryl/α,β-unsaturated/α-hetero) is 2. The van der Waals surface area contributed by atoms with Crippen LogP contribution in [0.5, 0.6) is 0 Å². The number of allylic oxidation sites excluding steroid dienone is 1. The van der Waals surface area contributed by atoms with Crippen LogP contribution < -0.4 is 0 Å². The zero-order valence-corrected chi connectivity index (χ0v) is 19.3. The molecule has 0 saturated heterocycles. The number of ketones is 2. The van der Waals surface area contributed by atoms with Gasteiger partial charge in [-0.05, 0) is 25.2 Å². The van der Waals surface area contributed by atoms with Crippen LogP contribution >= 0.6 is 0 Å². The second kappa shape index (κ2) is 8.17. The van der Waals surface area contributed by atoms with Crippen LogP contribution in [0.2, 0.25) is 0 Å². The van der Waals surface area contributed by atoms with Gasteiger partial charge in [0.15, 0.2) is 0 Å². The Kier molecular flexibility index (Phi) is 6.24. The molecular formula is C24H34O7. The fourth-order valence-electron chi connectivity index (χ4n) is 6.27. The van der Waals surface area contributed by atoms with Gasteiger partial charge in [0, 0.05) is 41.9 Å². The Hall–Kier alpha value is -1.99. The molecule has 172 valence electrons. The fourth-order valence-corrected chi connectivity index (χ4v) is 6.27. The lowest BCUT2D eigenvalue weighted by molar-refractivity contribution is -0.146. The number of aliphatic hydroxyl groups excluding tert-OH is 2. The molecule has 3 aliphatic rings. The highest BCUT2D eigenvalue weighted by atomic mass is 16.5. The van der Waals surface area contributed by atoms with E-state index in [2.05, 4.69) is 13.8 Å². The van der Waals surface area contributed by atoms with E-state index >= 15 is 0 Å². The van der Waals surface area contributed by atoms with Crippen molar-refractivity contribution >= 4 is 17.5 Å². The van der Waals surface area contributed by atoms with Gasteiger partial charge in [-0.1, -0.05) is 34.1 Å². The first kappa shape index (κ1) is 23.7. The van der Waals surface area contributed by atoms with Crippen molar-refractivity contribution in [2.75, 3.05) is 13.2 Å². The van der Waals surface area contributed by atoms with Crippen LogP contribution in [0.4, 0.5) is 0 Å². The van der Waals surface area contributed by atoms with Gasteiger partial charge in [-0.25, -0.2) is 0 Å². The van der Waals surface area contributed by atoms with Gasteiger partial charge in [-0.3, -0.25) is 14.4 Å². The van der Waals surface area contributed by atoms with Crippen LogP contribution in [0, 0.1) is 22.7 Å². The fraction of sp³-hybridized carbons (Fsp3) is 0.708. The number of rotatable bonds is 5. The predicted molar refractivity (Wildman–Crippen MR) is 113 cm³/mol. The summed E-state index contributed by atoms with van der Waals surface area (Å²) in [6.07, 6.45) is 0.529. The highest BCUT2D eigenvalue weighted by molar-refractivity contribution is 6.50. The van der Waals surface area contributed by atoms with Crippen LogP contribution in [0.1, 0.15) is 60.8 Å². The van der Waals surface area contributed by atoms with Crippen molar-refractivity contribution in [3.8, 4) is 0 Å². The van der Waals surface area contributed by atoms with Gasteiger partial charge in [-0.15, -0.1) is 0 Å². The van der Waals surface area contributed by atoms with Crippen molar-refractivity contribution in [2.24, 2.45) is 22.7 Å². The number of fused-ring (bicyclic) bond motifs is 2. The van der Waals surface area contributed by atoms with Crippen LogP contribution in [-0.4, -0.2) is 53.2 Å². The van der Waals surface area contributed by atoms with E-state index in [0.717, 1.165) is 12.8 Å². The molecule has 0 aromatic rings. The number of aliphatic hydroxyl groups is 2. The number of hydrogen-bond donors (Lipinski definition) is 2. The molecule has 3 aliphatic carbocycles. The molecule has 2 N–H and O–H groups in total. The number of carbonyl (C=O) groups excluding carboxylic acids is 3. The highest BCUT2D eigenvalue weighted by Crippen LogP contribution is 2.61. The van der Waals surface area contributed by atoms with Gasteiger partial charge in [0.1, 0.15) is 11.9 Å². The summed E-state index contributed by atoms with van der Waals surface area (Å²) in [5.74, 6) is -3.23. The molecule has 7 nitrogen and oxygen atoms in total. The maximum Gasteiger partial charge on any atom is 0.302 e. The van der Waals surface area contributed by atoms with Gasteiger partial charge in [0.2, 0.25) is 11.6 Å². The summed E-state index contributed by atoms with van der Waals surface area (Å²) in [6.45, 7) is 10.9. The smallest absolute Gasteiger partial charge is 0.302 e. The Morgan fingerprint density at radius 1 is 1.19 bits per heavy atom. The molecule has 3 unspecified atom stereocenters. The maximum atomic E-state index is 13.5. The first-order valence-electron chi connectivity index (χ1n) is 11.1. The number of hydrogen-bond acceptors (Lipinski definition) is 7. The van der Waals surface area contributed by atoms with E-state index in [1.807, 2.05) is 6.92 Å². The summed E-state index contributed by atoms with van der Waals surface area (Å²) < 4.78 is 10.9. The zero-order chi connectivity index (χ0) is 23.3. The lowest BCUT2D eigenvalue weighted by Gasteiger charge is -2.58. The lowest BCUT2D eigenvalue weighted by Crippen LogP contribution is -2.60. The molecule has 0 aromatic heterocycles. The van der Waals surface area contributed by atoms with Crippen molar-refractivity contribution in [3.63, 3.8) is 0 Å². The van der Waals surface area contributed by atoms with E-state index in [-0.39, 0.29) is 47.0 Å². The summed E-state index contributed by atoms with van der Waals surface area (Å²) in [7, 11) is 0. The van der Waals surface area contributed by atoms with Crippen LogP contribution in [0.25, 0.3) is 0 Å². The first-order valence-corrected chi connectivity index (χ1v) is 11.1. The summed E-state index contributed by atoms with van der Waals surface area (Å²) in [5.41, 5.74) is -0.611. The Labute approximate surface area is 183 Å². The van der Waals surface area contributed by atoms with Crippen LogP contribution in [0.3, 0.4) is 0 Å². The van der Waals surface area contributed by atoms with Crippen molar-refractivity contribution < 1.29 is 34.1 Å². The van der Waals surface area contributed by atoms with Crippen molar-refractivity contribution in [2.45, 2.75) is 73.0 Å². The van der Waals surface area contributed by atoms with Gasteiger partial charge in [-0.2, -0.15) is 0 Å². The van der Waals surface area contributed by atoms with Gasteiger partial charge < -0.3 is 19.7 Å². The summed E-state index contributed by atoms with van der Waals surface area (Å²) in [6, 6.07) is 0. The molecule has 5 atom stereocenters. The normalized spacial score (nSPS) is 33.7. The second-order valence-electron chi connectivity index (χ2n) is 10.0. The minimum absolute atomic E-state index is 0.0842. The summed E-state index contributed by atoms with van der Waals surface area (Å²) in [4.78, 5) is 37.9. The number of carbonyl (C=O) groups is 3. The monoisotopic (exact) mass is 434 g/mol. The van der Waals surface area contributed by atoms with Crippen LogP contribution in [0.15, 0.2) is 22.5 Å². The molecule has 0 amide bonds. The average Bonchev–Trinajstić information content (AvgIpc) is 2.65. The molecular weight excluding hydrogens is 400 g/mol. The molecule has 1 saturated carbocycles. The van der Waals surface area contributed by atoms with Gasteiger partial charge in [0.25, 0.3) is 0 Å². The molecule has 3 rings (SSSR count). The molecule has 31 heavy (non-hydrogen) atoms. The SMILES string of the molecule is CCOC1C2=C(C(=O)C(=O)C(C(C)COC(C)=O)=C2O)[C@@]2(C)CCCC(C)(C)[C@H]2C1O. The summed E-state index contributed by atoms with van der Waals surface area (Å²) in [5, 5.41) is 22.7. The Bertz CT molecular complexity index is 865. The Morgan fingerprint density at radius 3 is 2.42 bits per heavy atom. The van der Waals surface area contributed by atoms with Crippen LogP contribution in [-0.2, 0) is 23.9 Å². The molecule has 7 heteroatoms. The summed E-state index contributed by atoms with van der Waals surface area (Å²) >= 11 is 0. The molecule has 0 heterocycles. The Morgan fingerprint density at radius 2 is 1.84 bits per heavy atom. The zero-order valence-electron chi connectivity index (χ0n) is 19.3. The number of esters is 1. The van der Waals surface area contributed by atoms with Gasteiger partial charge in [0.05, 0.1) is 18.3 Å². The lowest BCUT2D eigenvalue weighted by atomic mass is 9.47. The van der Waals surface area contributed by atoms with E-state index in [1.54, 1.807) is 13.8 Å². The standard InChI is InChI=1S/C24H34O7/c1-7-30-21-15-16(24(6)10-8-9-23(4,5)22(24)20(21)29)19(28)18(27)14(17(15)26)12(2)11-31-13(3)25/h12,20-22,26,29H,7-11H2,1-6H3/t12?,20?,21?,22-,24-/m1/s1. The van der Waals surface area contributed by atoms with E-state index in [9.17, 15) is 24.6 Å². The van der Waals surface area contributed by atoms with Crippen molar-refractivity contribution in [3.05, 3.63) is 22.5 Å². The topological polar surface area (TPSA) is 110 Å². The number of ether oxygens (including phenoxy) is 2. The highest BCUT2D eigenvalue weighted by Gasteiger charge is 2.61.